The topological polar surface area (TPSA) is 90.9 Å². The summed E-state index contributed by atoms with van der Waals surface area (Å²) in [6.07, 6.45) is 5.46. The Morgan fingerprint density at radius 3 is 2.83 bits per heavy atom. The summed E-state index contributed by atoms with van der Waals surface area (Å²) in [5, 5.41) is 19.0. The number of aromatic nitrogens is 3. The van der Waals surface area contributed by atoms with Crippen molar-refractivity contribution in [2.75, 3.05) is 6.61 Å². The van der Waals surface area contributed by atoms with Crippen LogP contribution in [0.4, 0.5) is 0 Å². The Morgan fingerprint density at radius 1 is 1.50 bits per heavy atom. The van der Waals surface area contributed by atoms with E-state index in [1.807, 2.05) is 6.92 Å². The van der Waals surface area contributed by atoms with Crippen molar-refractivity contribution in [1.29, 1.82) is 0 Å². The van der Waals surface area contributed by atoms with Crippen LogP contribution in [0.5, 0.6) is 0 Å². The number of aryl methyl sites for hydroxylation is 1. The summed E-state index contributed by atoms with van der Waals surface area (Å²) >= 11 is 0. The summed E-state index contributed by atoms with van der Waals surface area (Å²) in [6, 6.07) is 0. The molecule has 1 saturated carbocycles. The molecular formula is C12H20N4O2. The Hall–Kier alpha value is -1.43. The second-order valence-electron chi connectivity index (χ2n) is 4.96. The van der Waals surface area contributed by atoms with Crippen molar-refractivity contribution in [3.05, 3.63) is 11.6 Å². The van der Waals surface area contributed by atoms with Crippen molar-refractivity contribution < 1.29 is 9.90 Å². The Morgan fingerprint density at radius 2 is 2.22 bits per heavy atom. The lowest BCUT2D eigenvalue weighted by atomic mass is 9.99. The number of hydrogen-bond acceptors (Lipinski definition) is 4. The number of carbonyl (C=O) groups excluding carboxylic acids is 1. The molecule has 1 aliphatic carbocycles. The normalized spacial score (nSPS) is 17.9. The molecular weight excluding hydrogens is 232 g/mol. The van der Waals surface area contributed by atoms with Gasteiger partial charge in [0.2, 0.25) is 5.82 Å². The highest BCUT2D eigenvalue weighted by molar-refractivity contribution is 5.90. The average molecular weight is 252 g/mol. The third-order valence-corrected chi connectivity index (χ3v) is 3.46. The Balaban J connectivity index is 2.02. The monoisotopic (exact) mass is 252 g/mol. The van der Waals surface area contributed by atoms with Crippen LogP contribution in [0.15, 0.2) is 0 Å². The highest BCUT2D eigenvalue weighted by atomic mass is 16.3. The minimum atomic E-state index is -0.470. The van der Waals surface area contributed by atoms with Gasteiger partial charge >= 0.3 is 0 Å². The largest absolute Gasteiger partial charge is 0.394 e. The number of aliphatic hydroxyl groups excluding tert-OH is 1. The van der Waals surface area contributed by atoms with Gasteiger partial charge in [-0.1, -0.05) is 19.8 Å². The van der Waals surface area contributed by atoms with Crippen LogP contribution in [0.3, 0.4) is 0 Å². The van der Waals surface area contributed by atoms with E-state index in [1.165, 1.54) is 0 Å². The molecule has 1 fully saturated rings. The number of carbonyl (C=O) groups is 1. The van der Waals surface area contributed by atoms with Crippen LogP contribution < -0.4 is 5.32 Å². The zero-order valence-corrected chi connectivity index (χ0v) is 10.7. The number of hydrogen-bond donors (Lipinski definition) is 3. The van der Waals surface area contributed by atoms with Gasteiger partial charge in [-0.3, -0.25) is 9.89 Å². The van der Waals surface area contributed by atoms with Crippen molar-refractivity contribution in [2.45, 2.75) is 51.0 Å². The Labute approximate surface area is 106 Å². The summed E-state index contributed by atoms with van der Waals surface area (Å²) in [5.74, 6) is 0.592. The molecule has 0 atom stereocenters. The fourth-order valence-corrected chi connectivity index (χ4v) is 2.42. The van der Waals surface area contributed by atoms with Gasteiger partial charge in [0, 0.05) is 6.42 Å². The Bertz CT molecular complexity index is 410. The predicted octanol–water partition coefficient (Wildman–Crippen LogP) is 0.792. The maximum Gasteiger partial charge on any atom is 0.291 e. The van der Waals surface area contributed by atoms with Crippen LogP contribution in [-0.4, -0.2) is 38.3 Å². The van der Waals surface area contributed by atoms with Gasteiger partial charge in [-0.2, -0.15) is 0 Å². The fraction of sp³-hybridized carbons (Fsp3) is 0.750. The van der Waals surface area contributed by atoms with Crippen LogP contribution in [0.25, 0.3) is 0 Å². The van der Waals surface area contributed by atoms with Gasteiger partial charge in [-0.25, -0.2) is 4.98 Å². The van der Waals surface area contributed by atoms with E-state index in [-0.39, 0.29) is 18.3 Å². The number of amides is 1. The number of rotatable bonds is 5. The lowest BCUT2D eigenvalue weighted by Crippen LogP contribution is -2.49. The third kappa shape index (κ3) is 2.69. The summed E-state index contributed by atoms with van der Waals surface area (Å²) in [6.45, 7) is 2.02. The predicted molar refractivity (Wildman–Crippen MR) is 66.1 cm³/mol. The van der Waals surface area contributed by atoms with Crippen molar-refractivity contribution in [3.63, 3.8) is 0 Å². The van der Waals surface area contributed by atoms with Gasteiger partial charge in [0.25, 0.3) is 5.91 Å². The molecule has 100 valence electrons. The molecule has 1 amide bonds. The number of nitrogens with zero attached hydrogens (tertiary/aromatic N) is 2. The van der Waals surface area contributed by atoms with Crippen molar-refractivity contribution in [2.24, 2.45) is 0 Å². The van der Waals surface area contributed by atoms with E-state index in [9.17, 15) is 9.90 Å². The van der Waals surface area contributed by atoms with E-state index in [0.29, 0.717) is 0 Å². The molecule has 1 aromatic heterocycles. The first-order valence-electron chi connectivity index (χ1n) is 6.54. The lowest BCUT2D eigenvalue weighted by molar-refractivity contribution is 0.0828. The molecule has 6 heteroatoms. The molecule has 0 saturated heterocycles. The Kier molecular flexibility index (Phi) is 3.96. The molecule has 1 heterocycles. The van der Waals surface area contributed by atoms with E-state index in [2.05, 4.69) is 20.5 Å². The SMILES string of the molecule is CCCc1nc(C(=O)NC2(CO)CCCC2)n[nH]1. The van der Waals surface area contributed by atoms with Crippen LogP contribution in [-0.2, 0) is 6.42 Å². The van der Waals surface area contributed by atoms with Crippen LogP contribution in [0.1, 0.15) is 55.5 Å². The van der Waals surface area contributed by atoms with Crippen molar-refractivity contribution in [3.8, 4) is 0 Å². The summed E-state index contributed by atoms with van der Waals surface area (Å²) in [4.78, 5) is 16.2. The van der Waals surface area contributed by atoms with Gasteiger partial charge in [0.1, 0.15) is 5.82 Å². The van der Waals surface area contributed by atoms with E-state index in [0.717, 1.165) is 44.3 Å². The molecule has 0 spiro atoms. The minimum Gasteiger partial charge on any atom is -0.394 e. The van der Waals surface area contributed by atoms with Crippen molar-refractivity contribution in [1.82, 2.24) is 20.5 Å². The quantitative estimate of drug-likeness (QED) is 0.722. The van der Waals surface area contributed by atoms with Gasteiger partial charge < -0.3 is 10.4 Å². The van der Waals surface area contributed by atoms with Gasteiger partial charge in [0.15, 0.2) is 0 Å². The minimum absolute atomic E-state index is 0.0228. The molecule has 0 aromatic carbocycles. The fourth-order valence-electron chi connectivity index (χ4n) is 2.42. The standard InChI is InChI=1S/C12H20N4O2/c1-2-5-9-13-10(16-15-9)11(18)14-12(8-17)6-3-4-7-12/h17H,2-8H2,1H3,(H,14,18)(H,13,15,16). The second-order valence-corrected chi connectivity index (χ2v) is 4.96. The molecule has 0 unspecified atom stereocenters. The molecule has 3 N–H and O–H groups in total. The molecule has 0 aliphatic heterocycles. The maximum absolute atomic E-state index is 12.0. The molecule has 2 rings (SSSR count). The summed E-state index contributed by atoms with van der Waals surface area (Å²) < 4.78 is 0. The first-order valence-corrected chi connectivity index (χ1v) is 6.54. The second kappa shape index (κ2) is 5.48. The van der Waals surface area contributed by atoms with Gasteiger partial charge in [0.05, 0.1) is 12.1 Å². The molecule has 1 aliphatic rings. The number of H-pyrrole nitrogens is 1. The molecule has 0 radical (unpaired) electrons. The first-order chi connectivity index (χ1) is 8.69. The van der Waals surface area contributed by atoms with Gasteiger partial charge in [-0.05, 0) is 19.3 Å². The van der Waals surface area contributed by atoms with Crippen LogP contribution in [0, 0.1) is 0 Å². The lowest BCUT2D eigenvalue weighted by Gasteiger charge is -2.27. The smallest absolute Gasteiger partial charge is 0.291 e. The first kappa shape index (κ1) is 13.0. The van der Waals surface area contributed by atoms with E-state index in [4.69, 9.17) is 0 Å². The maximum atomic E-state index is 12.0. The van der Waals surface area contributed by atoms with Crippen LogP contribution >= 0.6 is 0 Å². The number of aliphatic hydroxyl groups is 1. The highest BCUT2D eigenvalue weighted by Crippen LogP contribution is 2.29. The number of aromatic amines is 1. The molecule has 18 heavy (non-hydrogen) atoms. The molecule has 0 bridgehead atoms. The zero-order valence-electron chi connectivity index (χ0n) is 10.7. The van der Waals surface area contributed by atoms with E-state index >= 15 is 0 Å². The van der Waals surface area contributed by atoms with Crippen LogP contribution in [0.2, 0.25) is 0 Å². The molecule has 1 aromatic rings. The average Bonchev–Trinajstić information content (AvgIpc) is 2.99. The molecule has 6 nitrogen and oxygen atoms in total. The summed E-state index contributed by atoms with van der Waals surface area (Å²) in [5.41, 5.74) is -0.470. The zero-order chi connectivity index (χ0) is 13.0. The number of nitrogens with one attached hydrogen (secondary N) is 2. The third-order valence-electron chi connectivity index (χ3n) is 3.46. The summed E-state index contributed by atoms with van der Waals surface area (Å²) in [7, 11) is 0. The van der Waals surface area contributed by atoms with Crippen molar-refractivity contribution >= 4 is 5.91 Å². The van der Waals surface area contributed by atoms with E-state index < -0.39 is 5.54 Å². The van der Waals surface area contributed by atoms with Gasteiger partial charge in [-0.15, -0.1) is 5.10 Å². The van der Waals surface area contributed by atoms with E-state index in [1.54, 1.807) is 0 Å². The highest BCUT2D eigenvalue weighted by Gasteiger charge is 2.35.